The Balaban J connectivity index is 1.84. The molecule has 1 aliphatic heterocycles. The number of fused-ring (bicyclic) bond motifs is 1. The zero-order chi connectivity index (χ0) is 16.5. The van der Waals surface area contributed by atoms with Crippen LogP contribution in [-0.4, -0.2) is 11.7 Å². The summed E-state index contributed by atoms with van der Waals surface area (Å²) in [5.74, 6) is -0.350. The van der Waals surface area contributed by atoms with Crippen molar-refractivity contribution in [3.05, 3.63) is 95.3 Å². The van der Waals surface area contributed by atoms with Gasteiger partial charge >= 0.3 is 0 Å². The molecule has 0 fully saturated rings. The van der Waals surface area contributed by atoms with E-state index in [0.717, 1.165) is 5.56 Å². The number of phenolic OH excluding ortho intramolecular Hbond substituents is 1. The highest BCUT2D eigenvalue weighted by Gasteiger charge is 2.34. The fourth-order valence-electron chi connectivity index (χ4n) is 3.50. The molecule has 0 saturated carbocycles. The van der Waals surface area contributed by atoms with Crippen LogP contribution in [0.1, 0.15) is 28.5 Å². The van der Waals surface area contributed by atoms with Crippen molar-refractivity contribution in [2.75, 3.05) is 6.61 Å². The standard InChI is InChI=1S/C21H17FO2/c22-18-12-20-16(11-19(18)23)17(13-24-20)21(14-7-3-1-4-8-14)15-9-5-2-6-10-15/h1-12,17,21,23H,13H2. The van der Waals surface area contributed by atoms with Gasteiger partial charge in [0, 0.05) is 23.5 Å². The minimum Gasteiger partial charge on any atom is -0.505 e. The summed E-state index contributed by atoms with van der Waals surface area (Å²) in [5, 5.41) is 9.79. The molecule has 0 amide bonds. The number of rotatable bonds is 3. The Kier molecular flexibility index (Phi) is 3.69. The average molecular weight is 320 g/mol. The minimum absolute atomic E-state index is 0.0244. The Hall–Kier alpha value is -2.81. The second kappa shape index (κ2) is 6.00. The summed E-state index contributed by atoms with van der Waals surface area (Å²) in [6.45, 7) is 0.465. The van der Waals surface area contributed by atoms with Crippen molar-refractivity contribution in [1.29, 1.82) is 0 Å². The molecule has 0 bridgehead atoms. The number of ether oxygens (including phenoxy) is 1. The fourth-order valence-corrected chi connectivity index (χ4v) is 3.50. The number of hydrogen-bond donors (Lipinski definition) is 1. The zero-order valence-corrected chi connectivity index (χ0v) is 13.0. The van der Waals surface area contributed by atoms with Crippen LogP contribution in [0.2, 0.25) is 0 Å². The topological polar surface area (TPSA) is 29.5 Å². The van der Waals surface area contributed by atoms with Gasteiger partial charge in [-0.3, -0.25) is 0 Å². The molecule has 4 rings (SSSR count). The van der Waals surface area contributed by atoms with E-state index in [1.165, 1.54) is 23.3 Å². The van der Waals surface area contributed by atoms with Crippen molar-refractivity contribution in [2.45, 2.75) is 11.8 Å². The van der Waals surface area contributed by atoms with E-state index < -0.39 is 5.82 Å². The number of aromatic hydroxyl groups is 1. The summed E-state index contributed by atoms with van der Waals surface area (Å²) < 4.78 is 19.3. The molecule has 3 aromatic carbocycles. The first-order valence-corrected chi connectivity index (χ1v) is 7.99. The maximum atomic E-state index is 13.6. The van der Waals surface area contributed by atoms with Gasteiger partial charge in [0.25, 0.3) is 0 Å². The number of benzene rings is 3. The first-order valence-electron chi connectivity index (χ1n) is 7.99. The van der Waals surface area contributed by atoms with Crippen molar-refractivity contribution in [1.82, 2.24) is 0 Å². The number of hydrogen-bond acceptors (Lipinski definition) is 2. The van der Waals surface area contributed by atoms with E-state index in [1.807, 2.05) is 36.4 Å². The second-order valence-electron chi connectivity index (χ2n) is 6.06. The van der Waals surface area contributed by atoms with Crippen LogP contribution >= 0.6 is 0 Å². The van der Waals surface area contributed by atoms with Crippen LogP contribution in [0.5, 0.6) is 11.5 Å². The minimum atomic E-state index is -0.648. The molecule has 0 radical (unpaired) electrons. The van der Waals surface area contributed by atoms with E-state index >= 15 is 0 Å². The van der Waals surface area contributed by atoms with Gasteiger partial charge in [0.1, 0.15) is 5.75 Å². The van der Waals surface area contributed by atoms with Gasteiger partial charge < -0.3 is 9.84 Å². The molecule has 1 atom stereocenters. The van der Waals surface area contributed by atoms with Gasteiger partial charge in [-0.1, -0.05) is 60.7 Å². The molecule has 2 nitrogen and oxygen atoms in total. The van der Waals surface area contributed by atoms with E-state index in [2.05, 4.69) is 24.3 Å². The van der Waals surface area contributed by atoms with Crippen LogP contribution in [0, 0.1) is 5.82 Å². The maximum absolute atomic E-state index is 13.6. The van der Waals surface area contributed by atoms with Gasteiger partial charge in [-0.15, -0.1) is 0 Å². The monoisotopic (exact) mass is 320 g/mol. The largest absolute Gasteiger partial charge is 0.505 e. The highest BCUT2D eigenvalue weighted by atomic mass is 19.1. The first kappa shape index (κ1) is 14.8. The quantitative estimate of drug-likeness (QED) is 0.748. The Bertz CT molecular complexity index is 807. The summed E-state index contributed by atoms with van der Waals surface area (Å²) in [4.78, 5) is 0. The third-order valence-corrected chi connectivity index (χ3v) is 4.62. The van der Waals surface area contributed by atoms with Gasteiger partial charge in [-0.2, -0.15) is 0 Å². The van der Waals surface area contributed by atoms with Crippen molar-refractivity contribution >= 4 is 0 Å². The first-order chi connectivity index (χ1) is 11.7. The summed E-state index contributed by atoms with van der Waals surface area (Å²) in [6.07, 6.45) is 0. The molecule has 0 saturated heterocycles. The number of halogens is 1. The lowest BCUT2D eigenvalue weighted by molar-refractivity contribution is 0.320. The van der Waals surface area contributed by atoms with Crippen molar-refractivity contribution in [3.8, 4) is 11.5 Å². The van der Waals surface area contributed by atoms with E-state index in [0.29, 0.717) is 12.4 Å². The van der Waals surface area contributed by atoms with Crippen LogP contribution in [0.15, 0.2) is 72.8 Å². The zero-order valence-electron chi connectivity index (χ0n) is 13.0. The molecule has 0 spiro atoms. The van der Waals surface area contributed by atoms with E-state index in [9.17, 15) is 9.50 Å². The van der Waals surface area contributed by atoms with Crippen LogP contribution in [-0.2, 0) is 0 Å². The average Bonchev–Trinajstić information content (AvgIpc) is 3.00. The Labute approximate surface area is 140 Å². The normalized spacial score (nSPS) is 16.0. The summed E-state index contributed by atoms with van der Waals surface area (Å²) >= 11 is 0. The Morgan fingerprint density at radius 2 is 1.50 bits per heavy atom. The van der Waals surface area contributed by atoms with Crippen LogP contribution in [0.25, 0.3) is 0 Å². The molecule has 1 heterocycles. The fraction of sp³-hybridized carbons (Fsp3) is 0.143. The van der Waals surface area contributed by atoms with Crippen LogP contribution < -0.4 is 4.74 Å². The number of phenols is 1. The highest BCUT2D eigenvalue weighted by molar-refractivity contribution is 5.49. The van der Waals surface area contributed by atoms with Gasteiger partial charge in [0.15, 0.2) is 11.6 Å². The molecule has 1 unspecified atom stereocenters. The van der Waals surface area contributed by atoms with Gasteiger partial charge in [-0.25, -0.2) is 4.39 Å². The molecule has 3 heteroatoms. The van der Waals surface area contributed by atoms with Crippen molar-refractivity contribution < 1.29 is 14.2 Å². The Morgan fingerprint density at radius 3 is 2.08 bits per heavy atom. The van der Waals surface area contributed by atoms with Crippen molar-refractivity contribution in [3.63, 3.8) is 0 Å². The third-order valence-electron chi connectivity index (χ3n) is 4.62. The maximum Gasteiger partial charge on any atom is 0.168 e. The molecule has 120 valence electrons. The summed E-state index contributed by atoms with van der Waals surface area (Å²) in [6, 6.07) is 23.2. The van der Waals surface area contributed by atoms with E-state index in [-0.39, 0.29) is 17.6 Å². The van der Waals surface area contributed by atoms with Crippen LogP contribution in [0.4, 0.5) is 4.39 Å². The summed E-state index contributed by atoms with van der Waals surface area (Å²) in [7, 11) is 0. The van der Waals surface area contributed by atoms with E-state index in [4.69, 9.17) is 4.74 Å². The molecule has 0 aromatic heterocycles. The second-order valence-corrected chi connectivity index (χ2v) is 6.06. The lowest BCUT2D eigenvalue weighted by atomic mass is 9.78. The lowest BCUT2D eigenvalue weighted by Crippen LogP contribution is -2.14. The van der Waals surface area contributed by atoms with Crippen LogP contribution in [0.3, 0.4) is 0 Å². The lowest BCUT2D eigenvalue weighted by Gasteiger charge is -2.24. The SMILES string of the molecule is Oc1cc2c(cc1F)OCC2C(c1ccccc1)c1ccccc1. The smallest absolute Gasteiger partial charge is 0.168 e. The highest BCUT2D eigenvalue weighted by Crippen LogP contribution is 2.47. The van der Waals surface area contributed by atoms with Gasteiger partial charge in [0.05, 0.1) is 6.61 Å². The Morgan fingerprint density at radius 1 is 0.917 bits per heavy atom. The van der Waals surface area contributed by atoms with Gasteiger partial charge in [-0.05, 0) is 17.2 Å². The molecule has 1 aliphatic rings. The molecule has 3 aromatic rings. The third kappa shape index (κ3) is 2.52. The summed E-state index contributed by atoms with van der Waals surface area (Å²) in [5.41, 5.74) is 3.20. The van der Waals surface area contributed by atoms with Crippen molar-refractivity contribution in [2.24, 2.45) is 0 Å². The predicted molar refractivity (Wildman–Crippen MR) is 91.0 cm³/mol. The van der Waals surface area contributed by atoms with E-state index in [1.54, 1.807) is 0 Å². The molecule has 1 N–H and O–H groups in total. The van der Waals surface area contributed by atoms with Gasteiger partial charge in [0.2, 0.25) is 0 Å². The molecule has 24 heavy (non-hydrogen) atoms. The molecular formula is C21H17FO2. The molecule has 0 aliphatic carbocycles. The predicted octanol–water partition coefficient (Wildman–Crippen LogP) is 4.84. The molecular weight excluding hydrogens is 303 g/mol.